The molecule has 0 aliphatic rings. The molecular weight excluding hydrogens is 496 g/mol. The van der Waals surface area contributed by atoms with E-state index < -0.39 is 70.1 Å². The van der Waals surface area contributed by atoms with E-state index in [2.05, 4.69) is 15.9 Å². The Bertz CT molecular complexity index is 794. The van der Waals surface area contributed by atoms with Gasteiger partial charge in [-0.3, -0.25) is 28.8 Å². The highest BCUT2D eigenvalue weighted by Crippen LogP contribution is 2.40. The average molecular weight is 525 g/mol. The summed E-state index contributed by atoms with van der Waals surface area (Å²) < 4.78 is 0. The minimum Gasteiger partial charge on any atom is -0.386 e. The van der Waals surface area contributed by atoms with Crippen LogP contribution in [0.15, 0.2) is 0 Å². The maximum atomic E-state index is 12.8. The molecule has 0 saturated heterocycles. The Morgan fingerprint density at radius 1 is 0.781 bits per heavy atom. The highest BCUT2D eigenvalue weighted by atomic mass is 79.9. The lowest BCUT2D eigenvalue weighted by atomic mass is 9.60. The molecule has 32 heavy (non-hydrogen) atoms. The van der Waals surface area contributed by atoms with Gasteiger partial charge in [-0.15, -0.1) is 0 Å². The average Bonchev–Trinajstić information content (AvgIpc) is 2.72. The summed E-state index contributed by atoms with van der Waals surface area (Å²) >= 11 is 3.17. The lowest BCUT2D eigenvalue weighted by Gasteiger charge is -2.49. The monoisotopic (exact) mass is 524 g/mol. The van der Waals surface area contributed by atoms with Crippen molar-refractivity contribution in [3.63, 3.8) is 0 Å². The number of ketones is 6. The molecular formula is C20H29BrO11. The fourth-order valence-electron chi connectivity index (χ4n) is 3.38. The predicted molar refractivity (Wildman–Crippen MR) is 112 cm³/mol. The van der Waals surface area contributed by atoms with Crippen LogP contribution in [0.1, 0.15) is 53.4 Å². The standard InChI is InChI=1S/C20H29BrO11/c1-10(22)15(27)17(29)19(31,12(3)24)20(32,13(4)25)18(30,11(2)23)16(28)14(26)8-6-5-7-9-21/h15,17,27,29-32H,5-9H2,1-4H3/t15?,17-,18+,19-,20-/m1/s1. The summed E-state index contributed by atoms with van der Waals surface area (Å²) in [5.74, 6) is -9.74. The minimum absolute atomic E-state index is 0.144. The van der Waals surface area contributed by atoms with E-state index in [1.807, 2.05) is 0 Å². The second-order valence-corrected chi connectivity index (χ2v) is 8.40. The van der Waals surface area contributed by atoms with Gasteiger partial charge in [0.15, 0.2) is 28.7 Å². The Hall–Kier alpha value is -1.70. The molecule has 11 nitrogen and oxygen atoms in total. The number of Topliss-reactive ketones (excluding diaryl/α,β-unsaturated/α-hetero) is 6. The normalized spacial score (nSPS) is 18.9. The fourth-order valence-corrected chi connectivity index (χ4v) is 3.77. The van der Waals surface area contributed by atoms with E-state index in [4.69, 9.17) is 0 Å². The first-order chi connectivity index (χ1) is 14.5. The molecule has 0 saturated carbocycles. The molecule has 0 rings (SSSR count). The van der Waals surface area contributed by atoms with Crippen LogP contribution < -0.4 is 0 Å². The van der Waals surface area contributed by atoms with Crippen LogP contribution in [0, 0.1) is 0 Å². The molecule has 0 heterocycles. The second kappa shape index (κ2) is 11.4. The van der Waals surface area contributed by atoms with Crippen molar-refractivity contribution >= 4 is 50.6 Å². The number of hydrogen-bond donors (Lipinski definition) is 5. The molecule has 0 amide bonds. The van der Waals surface area contributed by atoms with E-state index in [0.717, 1.165) is 6.92 Å². The minimum atomic E-state index is -4.13. The van der Waals surface area contributed by atoms with Crippen LogP contribution in [0.5, 0.6) is 0 Å². The maximum absolute atomic E-state index is 12.8. The van der Waals surface area contributed by atoms with E-state index in [0.29, 0.717) is 38.9 Å². The first-order valence-electron chi connectivity index (χ1n) is 9.69. The van der Waals surface area contributed by atoms with Crippen LogP contribution in [0.4, 0.5) is 0 Å². The number of rotatable bonds is 15. The van der Waals surface area contributed by atoms with Crippen molar-refractivity contribution in [3.8, 4) is 0 Å². The van der Waals surface area contributed by atoms with E-state index in [-0.39, 0.29) is 6.42 Å². The lowest BCUT2D eigenvalue weighted by Crippen LogP contribution is -2.82. The summed E-state index contributed by atoms with van der Waals surface area (Å²) in [7, 11) is 0. The molecule has 0 aromatic heterocycles. The molecule has 0 aromatic carbocycles. The van der Waals surface area contributed by atoms with E-state index >= 15 is 0 Å². The van der Waals surface area contributed by atoms with Gasteiger partial charge >= 0.3 is 0 Å². The summed E-state index contributed by atoms with van der Waals surface area (Å²) in [6.07, 6.45) is -4.77. The third-order valence-corrected chi connectivity index (χ3v) is 5.95. The van der Waals surface area contributed by atoms with Crippen LogP contribution in [0.2, 0.25) is 0 Å². The Morgan fingerprint density at radius 2 is 1.28 bits per heavy atom. The highest BCUT2D eigenvalue weighted by Gasteiger charge is 2.75. The number of halogens is 1. The number of hydrogen-bond acceptors (Lipinski definition) is 11. The number of unbranched alkanes of at least 4 members (excludes halogenated alkanes) is 2. The molecule has 0 spiro atoms. The first kappa shape index (κ1) is 30.3. The topological polar surface area (TPSA) is 204 Å². The van der Waals surface area contributed by atoms with Gasteiger partial charge in [-0.1, -0.05) is 22.4 Å². The van der Waals surface area contributed by atoms with E-state index in [9.17, 15) is 54.3 Å². The molecule has 1 unspecified atom stereocenters. The van der Waals surface area contributed by atoms with Gasteiger partial charge in [0.05, 0.1) is 0 Å². The van der Waals surface area contributed by atoms with Gasteiger partial charge in [-0.2, -0.15) is 0 Å². The first-order valence-corrected chi connectivity index (χ1v) is 10.8. The molecule has 0 aliphatic heterocycles. The summed E-state index contributed by atoms with van der Waals surface area (Å²) in [5.41, 5.74) is -12.1. The Balaban J connectivity index is 6.87. The SMILES string of the molecule is CC(=O)C(O)[C@@H](O)[C@](O)(C(C)=O)[C@@](O)(C(C)=O)[C@](O)(C(C)=O)C(=O)C(=O)CCCCCBr. The van der Waals surface area contributed by atoms with Crippen molar-refractivity contribution in [3.05, 3.63) is 0 Å². The molecule has 5 N–H and O–H groups in total. The number of aliphatic hydroxyl groups excluding tert-OH is 2. The van der Waals surface area contributed by atoms with Gasteiger partial charge in [0.25, 0.3) is 0 Å². The van der Waals surface area contributed by atoms with Gasteiger partial charge in [-0.05, 0) is 40.5 Å². The molecule has 0 fully saturated rings. The third-order valence-electron chi connectivity index (χ3n) is 5.39. The predicted octanol–water partition coefficient (Wildman–Crippen LogP) is -1.65. The summed E-state index contributed by atoms with van der Waals surface area (Å²) in [5, 5.41) is 53.9. The molecule has 5 atom stereocenters. The Labute approximate surface area is 192 Å². The largest absolute Gasteiger partial charge is 0.386 e. The van der Waals surface area contributed by atoms with Gasteiger partial charge in [0.1, 0.15) is 12.2 Å². The quantitative estimate of drug-likeness (QED) is 0.0709. The van der Waals surface area contributed by atoms with Crippen molar-refractivity contribution in [1.29, 1.82) is 0 Å². The number of carbonyl (C=O) groups excluding carboxylic acids is 6. The number of carbonyl (C=O) groups is 6. The molecule has 182 valence electrons. The summed E-state index contributed by atoms with van der Waals surface area (Å²) in [6.45, 7) is 2.23. The van der Waals surface area contributed by atoms with Crippen LogP contribution in [-0.2, 0) is 28.8 Å². The number of aliphatic hydroxyl groups is 5. The highest BCUT2D eigenvalue weighted by molar-refractivity contribution is 9.09. The Kier molecular flexibility index (Phi) is 10.8. The molecule has 0 aliphatic carbocycles. The molecule has 0 bridgehead atoms. The number of alkyl halides is 1. The van der Waals surface area contributed by atoms with Gasteiger partial charge in [0.2, 0.25) is 22.8 Å². The zero-order valence-electron chi connectivity index (χ0n) is 18.3. The van der Waals surface area contributed by atoms with Crippen LogP contribution in [-0.4, -0.2) is 94.6 Å². The maximum Gasteiger partial charge on any atom is 0.241 e. The Morgan fingerprint density at radius 3 is 1.62 bits per heavy atom. The van der Waals surface area contributed by atoms with Crippen LogP contribution in [0.25, 0.3) is 0 Å². The van der Waals surface area contributed by atoms with Crippen molar-refractivity contribution in [1.82, 2.24) is 0 Å². The van der Waals surface area contributed by atoms with Crippen molar-refractivity contribution in [2.75, 3.05) is 5.33 Å². The van der Waals surface area contributed by atoms with Crippen molar-refractivity contribution in [2.45, 2.75) is 82.4 Å². The smallest absolute Gasteiger partial charge is 0.241 e. The summed E-state index contributed by atoms with van der Waals surface area (Å²) in [6, 6.07) is 0. The second-order valence-electron chi connectivity index (χ2n) is 7.61. The molecule has 0 radical (unpaired) electrons. The zero-order valence-corrected chi connectivity index (χ0v) is 19.8. The van der Waals surface area contributed by atoms with Crippen LogP contribution in [0.3, 0.4) is 0 Å². The molecule has 0 aromatic rings. The fraction of sp³-hybridized carbons (Fsp3) is 0.700. The van der Waals surface area contributed by atoms with E-state index in [1.165, 1.54) is 0 Å². The van der Waals surface area contributed by atoms with Crippen molar-refractivity contribution in [2.24, 2.45) is 0 Å². The van der Waals surface area contributed by atoms with Crippen LogP contribution >= 0.6 is 15.9 Å². The zero-order chi connectivity index (χ0) is 25.7. The van der Waals surface area contributed by atoms with Gasteiger partial charge in [-0.25, -0.2) is 0 Å². The van der Waals surface area contributed by atoms with Crippen molar-refractivity contribution < 1.29 is 54.3 Å². The van der Waals surface area contributed by atoms with Gasteiger partial charge in [0, 0.05) is 11.8 Å². The van der Waals surface area contributed by atoms with E-state index in [1.54, 1.807) is 0 Å². The summed E-state index contributed by atoms with van der Waals surface area (Å²) in [4.78, 5) is 73.9. The molecule has 12 heteroatoms. The van der Waals surface area contributed by atoms with Gasteiger partial charge < -0.3 is 25.5 Å². The lowest BCUT2D eigenvalue weighted by molar-refractivity contribution is -0.250. The third kappa shape index (κ3) is 5.10.